The first-order valence-electron chi connectivity index (χ1n) is 42.6. The van der Waals surface area contributed by atoms with Crippen molar-refractivity contribution in [1.29, 1.82) is 0 Å². The lowest BCUT2D eigenvalue weighted by molar-refractivity contribution is 0.0226. The molecule has 0 aromatic heterocycles. The van der Waals surface area contributed by atoms with Gasteiger partial charge in [-0.25, -0.2) is 18.0 Å². The van der Waals surface area contributed by atoms with Crippen LogP contribution < -0.4 is 28.4 Å². The highest BCUT2D eigenvalue weighted by Crippen LogP contribution is 2.44. The quantitative estimate of drug-likeness (QED) is 0.0203. The third-order valence-electron chi connectivity index (χ3n) is 22.9. The highest BCUT2D eigenvalue weighted by atomic mass is 19.2. The minimum absolute atomic E-state index is 0.00370. The van der Waals surface area contributed by atoms with Crippen LogP contribution in [-0.2, 0) is 33.2 Å². The number of hydrogen-bond acceptors (Lipinski definition) is 14. The summed E-state index contributed by atoms with van der Waals surface area (Å²) in [5.74, 6) is -3.15. The van der Waals surface area contributed by atoms with Gasteiger partial charge in [-0.05, 0) is 194 Å². The zero-order valence-electron chi connectivity index (χ0n) is 68.2. The van der Waals surface area contributed by atoms with Crippen molar-refractivity contribution >= 4 is 5.97 Å². The van der Waals surface area contributed by atoms with E-state index in [1.165, 1.54) is 188 Å². The summed E-state index contributed by atoms with van der Waals surface area (Å²) in [6.45, 7) is 7.99. The highest BCUT2D eigenvalue weighted by Gasteiger charge is 2.28. The van der Waals surface area contributed by atoms with Crippen molar-refractivity contribution < 1.29 is 92.7 Å². The Balaban J connectivity index is 0.647. The second kappa shape index (κ2) is 49.4. The summed E-state index contributed by atoms with van der Waals surface area (Å²) in [6, 6.07) is 35.3. The standard InChI is InChI=1S/C95H122F6O14/c1-5-8-11-14-67-17-23-70(24-18-67)73-29-35-76(36-30-73)80-41-44-83(91(99)88(80)96)110-59-53-104-47-49-107-56-62-113-86-65-79(95(102)103-4)66-87(114-63-57-108-50-48-105-54-60-111-84-45-42-81(89(97)92(84)100)77-37-31-74(32-38-77)71-25-19-68(20-26-71)15-12-9-6-2)94(86)115-64-58-109-52-51-106-55-61-112-85-46-43-82(90(98)93(85)101)78-39-33-75(34-40-78)72-27-21-69(22-28-72)16-13-10-7-3/h29-46,65-72H,5-28,47-64H2,1-4H3. The summed E-state index contributed by atoms with van der Waals surface area (Å²) in [7, 11) is 1.24. The van der Waals surface area contributed by atoms with E-state index in [0.717, 1.165) is 56.3 Å². The molecule has 0 bridgehead atoms. The zero-order valence-corrected chi connectivity index (χ0v) is 68.2. The number of benzene rings is 7. The number of carbonyl (C=O) groups excluding carboxylic acids is 1. The Bertz CT molecular complexity index is 3800. The van der Waals surface area contributed by atoms with Crippen LogP contribution in [0.1, 0.15) is 220 Å². The molecule has 0 saturated heterocycles. The van der Waals surface area contributed by atoms with Crippen LogP contribution in [0.3, 0.4) is 0 Å². The molecule has 0 atom stereocenters. The van der Waals surface area contributed by atoms with Gasteiger partial charge in [-0.2, -0.15) is 13.2 Å². The summed E-state index contributed by atoms with van der Waals surface area (Å²) in [6.07, 6.45) is 29.8. The lowest BCUT2D eigenvalue weighted by Gasteiger charge is -2.29. The van der Waals surface area contributed by atoms with E-state index in [1.807, 2.05) is 72.8 Å². The molecule has 0 aliphatic heterocycles. The molecule has 3 saturated carbocycles. The minimum Gasteiger partial charge on any atom is -0.488 e. The maximum atomic E-state index is 15.5. The number of methoxy groups -OCH3 is 1. The third-order valence-corrected chi connectivity index (χ3v) is 22.9. The molecule has 0 amide bonds. The normalized spacial score (nSPS) is 17.7. The molecule has 3 fully saturated rings. The Morgan fingerprint density at radius 3 is 0.809 bits per heavy atom. The van der Waals surface area contributed by atoms with E-state index >= 15 is 26.3 Å². The smallest absolute Gasteiger partial charge is 0.338 e. The summed E-state index contributed by atoms with van der Waals surface area (Å²) >= 11 is 0. The fraction of sp³-hybridized carbons (Fsp3) is 0.547. The van der Waals surface area contributed by atoms with Crippen molar-refractivity contribution in [2.75, 3.05) is 126 Å². The van der Waals surface area contributed by atoms with Gasteiger partial charge >= 0.3 is 5.97 Å². The largest absolute Gasteiger partial charge is 0.488 e. The van der Waals surface area contributed by atoms with Crippen LogP contribution in [0.5, 0.6) is 34.5 Å². The van der Waals surface area contributed by atoms with E-state index in [1.54, 1.807) is 0 Å². The van der Waals surface area contributed by atoms with Crippen LogP contribution in [0.25, 0.3) is 33.4 Å². The second-order valence-electron chi connectivity index (χ2n) is 30.8. The predicted molar refractivity (Wildman–Crippen MR) is 438 cm³/mol. The van der Waals surface area contributed by atoms with Crippen LogP contribution >= 0.6 is 0 Å². The van der Waals surface area contributed by atoms with Gasteiger partial charge in [0, 0.05) is 16.7 Å². The number of rotatable bonds is 52. The summed E-state index contributed by atoms with van der Waals surface area (Å²) in [5, 5.41) is 0. The number of hydrogen-bond donors (Lipinski definition) is 0. The van der Waals surface area contributed by atoms with E-state index < -0.39 is 40.9 Å². The number of ether oxygens (including phenoxy) is 13. The average Bonchev–Trinajstić information content (AvgIpc) is 0.822. The van der Waals surface area contributed by atoms with E-state index in [-0.39, 0.29) is 176 Å². The van der Waals surface area contributed by atoms with Gasteiger partial charge in [0.1, 0.15) is 39.6 Å². The van der Waals surface area contributed by atoms with Crippen molar-refractivity contribution in [3.63, 3.8) is 0 Å². The van der Waals surface area contributed by atoms with Crippen molar-refractivity contribution in [3.8, 4) is 67.9 Å². The molecule has 628 valence electrons. The van der Waals surface area contributed by atoms with E-state index in [2.05, 4.69) is 20.8 Å². The molecule has 7 aromatic carbocycles. The molecule has 0 heterocycles. The van der Waals surface area contributed by atoms with Crippen LogP contribution in [0, 0.1) is 52.7 Å². The molecule has 20 heteroatoms. The Hall–Kier alpha value is -7.85. The number of halogens is 6. The third kappa shape index (κ3) is 27.9. The maximum Gasteiger partial charge on any atom is 0.338 e. The monoisotopic (exact) mass is 1600 g/mol. The van der Waals surface area contributed by atoms with Gasteiger partial charge in [0.2, 0.25) is 23.2 Å². The van der Waals surface area contributed by atoms with Gasteiger partial charge in [0.25, 0.3) is 0 Å². The zero-order chi connectivity index (χ0) is 80.8. The molecular formula is C95H122F6O14. The number of esters is 1. The Kier molecular flexibility index (Phi) is 38.4. The fourth-order valence-corrected chi connectivity index (χ4v) is 16.2. The van der Waals surface area contributed by atoms with Crippen LogP contribution in [0.2, 0.25) is 0 Å². The fourth-order valence-electron chi connectivity index (χ4n) is 16.2. The van der Waals surface area contributed by atoms with Gasteiger partial charge in [0.15, 0.2) is 46.2 Å². The number of unbranched alkanes of at least 4 members (excludes halogenated alkanes) is 6. The topological polar surface area (TPSA) is 137 Å². The Morgan fingerprint density at radius 2 is 0.548 bits per heavy atom. The van der Waals surface area contributed by atoms with E-state index in [4.69, 9.17) is 61.6 Å². The Labute approximate surface area is 678 Å². The molecule has 3 aliphatic rings. The van der Waals surface area contributed by atoms with Crippen molar-refractivity contribution in [2.45, 2.75) is 193 Å². The van der Waals surface area contributed by atoms with Crippen molar-refractivity contribution in [2.24, 2.45) is 17.8 Å². The molecule has 3 aliphatic carbocycles. The van der Waals surface area contributed by atoms with E-state index in [0.29, 0.717) is 34.4 Å². The van der Waals surface area contributed by atoms with Crippen molar-refractivity contribution in [1.82, 2.24) is 0 Å². The van der Waals surface area contributed by atoms with Crippen LogP contribution in [0.4, 0.5) is 26.3 Å². The van der Waals surface area contributed by atoms with Gasteiger partial charge in [-0.15, -0.1) is 0 Å². The first-order valence-corrected chi connectivity index (χ1v) is 42.6. The summed E-state index contributed by atoms with van der Waals surface area (Å²) in [5.41, 5.74) is 6.13. The van der Waals surface area contributed by atoms with Gasteiger partial charge in [-0.1, -0.05) is 171 Å². The van der Waals surface area contributed by atoms with Gasteiger partial charge < -0.3 is 61.6 Å². The predicted octanol–water partition coefficient (Wildman–Crippen LogP) is 23.3. The lowest BCUT2D eigenvalue weighted by Crippen LogP contribution is -2.16. The first kappa shape index (κ1) is 89.5. The first-order chi connectivity index (χ1) is 56.3. The minimum atomic E-state index is -1.07. The number of carbonyl (C=O) groups is 1. The summed E-state index contributed by atoms with van der Waals surface area (Å²) < 4.78 is 167. The SMILES string of the molecule is CCCCCC1CCC(c2ccc(-c3ccc(OCCOCCOCCOc4cc(C(=O)OC)cc(OCCOCCOCCOc5ccc(-c6ccc(C7CCC(CCCCC)CC7)cc6)c(F)c5F)c4OCCOCCOCCOc4ccc(-c5ccc(C6CCC(CCCCC)CC6)cc5)c(F)c4F)c(F)c3F)cc2)CC1. The molecular weight excluding hydrogens is 1480 g/mol. The average molecular weight is 1600 g/mol. The summed E-state index contributed by atoms with van der Waals surface area (Å²) in [4.78, 5) is 13.1. The highest BCUT2D eigenvalue weighted by molar-refractivity contribution is 5.91. The molecule has 0 spiro atoms. The molecule has 0 radical (unpaired) electrons. The molecule has 14 nitrogen and oxygen atoms in total. The maximum absolute atomic E-state index is 15.5. The molecule has 7 aromatic rings. The molecule has 0 N–H and O–H groups in total. The van der Waals surface area contributed by atoms with Gasteiger partial charge in [-0.3, -0.25) is 0 Å². The second-order valence-corrected chi connectivity index (χ2v) is 30.8. The van der Waals surface area contributed by atoms with Gasteiger partial charge in [0.05, 0.1) is 92.0 Å². The lowest BCUT2D eigenvalue weighted by atomic mass is 9.77. The molecule has 10 rings (SSSR count). The van der Waals surface area contributed by atoms with Crippen molar-refractivity contribution in [3.05, 3.63) is 178 Å². The Morgan fingerprint density at radius 1 is 0.296 bits per heavy atom. The molecule has 0 unspecified atom stereocenters. The molecule has 115 heavy (non-hydrogen) atoms. The van der Waals surface area contributed by atoms with E-state index in [9.17, 15) is 4.79 Å². The van der Waals surface area contributed by atoms with Crippen LogP contribution in [-0.4, -0.2) is 132 Å². The van der Waals surface area contributed by atoms with Crippen LogP contribution in [0.15, 0.2) is 121 Å².